The summed E-state index contributed by atoms with van der Waals surface area (Å²) in [6.45, 7) is 7.64. The number of hydrogen-bond donors (Lipinski definition) is 0. The minimum atomic E-state index is -0.847. The number of fused-ring (bicyclic) bond motifs is 1. The monoisotopic (exact) mass is 293 g/mol. The molecule has 0 bridgehead atoms. The number of hydrogen-bond acceptors (Lipinski definition) is 7. The largest absolute Gasteiger partial charge is 0.371 e. The van der Waals surface area contributed by atoms with E-state index in [1.54, 1.807) is 6.92 Å². The molecule has 7 nitrogen and oxygen atoms in total. The normalized spacial score (nSPS) is 36.1. The van der Waals surface area contributed by atoms with Gasteiger partial charge in [0.2, 0.25) is 0 Å². The zero-order valence-electron chi connectivity index (χ0n) is 11.5. The number of rotatable bonds is 3. The summed E-state index contributed by atoms with van der Waals surface area (Å²) in [7, 11) is 0. The summed E-state index contributed by atoms with van der Waals surface area (Å²) in [5.41, 5.74) is -0.847. The lowest BCUT2D eigenvalue weighted by Crippen LogP contribution is -2.45. The van der Waals surface area contributed by atoms with E-state index in [1.165, 1.54) is 6.92 Å². The lowest BCUT2D eigenvalue weighted by molar-refractivity contribution is -0.771. The summed E-state index contributed by atoms with van der Waals surface area (Å²) in [5.74, 6) is 0. The van der Waals surface area contributed by atoms with Crippen LogP contribution in [0.1, 0.15) is 27.7 Å². The van der Waals surface area contributed by atoms with Gasteiger partial charge in [-0.3, -0.25) is 4.79 Å². The molecular formula is C11H19NO6S. The molecule has 0 aliphatic carbocycles. The van der Waals surface area contributed by atoms with Gasteiger partial charge in [0, 0.05) is 6.92 Å². The molecule has 19 heavy (non-hydrogen) atoms. The molecule has 0 aromatic rings. The Morgan fingerprint density at radius 2 is 2.11 bits per heavy atom. The molecule has 4 atom stereocenters. The summed E-state index contributed by atoms with van der Waals surface area (Å²) < 4.78 is 11.0. The molecule has 110 valence electrons. The molecule has 2 saturated heterocycles. The Labute approximate surface area is 116 Å². The van der Waals surface area contributed by atoms with Gasteiger partial charge in [-0.05, 0) is 6.92 Å². The molecule has 2 aliphatic rings. The lowest BCUT2D eigenvalue weighted by Gasteiger charge is -2.26. The van der Waals surface area contributed by atoms with E-state index < -0.39 is 16.8 Å². The Bertz CT molecular complexity index is 352. The van der Waals surface area contributed by atoms with Gasteiger partial charge < -0.3 is 14.3 Å². The van der Waals surface area contributed by atoms with Crippen LogP contribution in [0.3, 0.4) is 0 Å². The van der Waals surface area contributed by atoms with Crippen LogP contribution in [-0.2, 0) is 19.1 Å². The molecule has 0 spiro atoms. The Morgan fingerprint density at radius 1 is 1.47 bits per heavy atom. The highest BCUT2D eigenvalue weighted by Crippen LogP contribution is 2.43. The van der Waals surface area contributed by atoms with Crippen molar-refractivity contribution in [2.24, 2.45) is 0 Å². The van der Waals surface area contributed by atoms with Gasteiger partial charge in [0.25, 0.3) is 5.09 Å². The topological polar surface area (TPSA) is 87.9 Å². The molecule has 8 heteroatoms. The maximum Gasteiger partial charge on any atom is 0.294 e. The van der Waals surface area contributed by atoms with Crippen LogP contribution in [0.2, 0.25) is 0 Å². The fourth-order valence-electron chi connectivity index (χ4n) is 2.25. The van der Waals surface area contributed by atoms with E-state index in [0.717, 1.165) is 11.8 Å². The minimum Gasteiger partial charge on any atom is -0.371 e. The van der Waals surface area contributed by atoms with Crippen LogP contribution in [0.5, 0.6) is 0 Å². The second kappa shape index (κ2) is 6.53. The van der Waals surface area contributed by atoms with Gasteiger partial charge in [0.15, 0.2) is 11.2 Å². The second-order valence-corrected chi connectivity index (χ2v) is 5.63. The van der Waals surface area contributed by atoms with Crippen molar-refractivity contribution in [2.45, 2.75) is 50.8 Å². The van der Waals surface area contributed by atoms with Gasteiger partial charge >= 0.3 is 0 Å². The highest BCUT2D eigenvalue weighted by molar-refractivity contribution is 8.14. The summed E-state index contributed by atoms with van der Waals surface area (Å²) in [6, 6.07) is 0. The van der Waals surface area contributed by atoms with E-state index in [1.807, 2.05) is 13.8 Å². The van der Waals surface area contributed by atoms with Crippen molar-refractivity contribution in [3.05, 3.63) is 10.1 Å². The molecular weight excluding hydrogens is 274 g/mol. The highest BCUT2D eigenvalue weighted by Gasteiger charge is 2.59. The molecule has 0 aromatic carbocycles. The van der Waals surface area contributed by atoms with E-state index in [0.29, 0.717) is 6.61 Å². The molecule has 2 heterocycles. The summed E-state index contributed by atoms with van der Waals surface area (Å²) in [5, 5.41) is 9.37. The van der Waals surface area contributed by atoms with Crippen molar-refractivity contribution in [1.29, 1.82) is 0 Å². The summed E-state index contributed by atoms with van der Waals surface area (Å²) in [6.07, 6.45) is -1.08. The van der Waals surface area contributed by atoms with E-state index in [9.17, 15) is 14.9 Å². The van der Waals surface area contributed by atoms with Crippen LogP contribution in [0.25, 0.3) is 0 Å². The number of thioether (sulfide) groups is 1. The minimum absolute atomic E-state index is 0.0231. The van der Waals surface area contributed by atoms with Gasteiger partial charge in [-0.15, -0.1) is 10.1 Å². The first-order valence-corrected chi connectivity index (χ1v) is 7.05. The first-order valence-electron chi connectivity index (χ1n) is 6.17. The number of carbonyl (C=O) groups is 1. The number of nitrogens with zero attached hydrogens (tertiary/aromatic N) is 1. The second-order valence-electron chi connectivity index (χ2n) is 4.21. The average molecular weight is 293 g/mol. The third kappa shape index (κ3) is 3.37. The SMILES string of the molecule is CC.CC(=O)S[C@@H]1CO[C@@]2(C)[C@@H]1OC[C@H]2O[N+](=O)[O-]. The van der Waals surface area contributed by atoms with E-state index in [2.05, 4.69) is 4.84 Å². The van der Waals surface area contributed by atoms with Crippen LogP contribution in [0.15, 0.2) is 0 Å². The predicted molar refractivity (Wildman–Crippen MR) is 69.4 cm³/mol. The molecule has 0 unspecified atom stereocenters. The van der Waals surface area contributed by atoms with Crippen LogP contribution in [0.4, 0.5) is 0 Å². The quantitative estimate of drug-likeness (QED) is 0.574. The predicted octanol–water partition coefficient (Wildman–Crippen LogP) is 1.43. The first-order chi connectivity index (χ1) is 8.93. The van der Waals surface area contributed by atoms with Crippen molar-refractivity contribution >= 4 is 16.9 Å². The number of ether oxygens (including phenoxy) is 2. The van der Waals surface area contributed by atoms with Gasteiger partial charge in [-0.2, -0.15) is 0 Å². The van der Waals surface area contributed by atoms with Crippen molar-refractivity contribution < 1.29 is 24.2 Å². The van der Waals surface area contributed by atoms with Crippen molar-refractivity contribution in [3.8, 4) is 0 Å². The van der Waals surface area contributed by atoms with Gasteiger partial charge in [0.05, 0.1) is 18.5 Å². The van der Waals surface area contributed by atoms with Crippen molar-refractivity contribution in [1.82, 2.24) is 0 Å². The Kier molecular flexibility index (Phi) is 5.57. The van der Waals surface area contributed by atoms with E-state index in [-0.39, 0.29) is 23.1 Å². The fraction of sp³-hybridized carbons (Fsp3) is 0.909. The first kappa shape index (κ1) is 16.2. The highest BCUT2D eigenvalue weighted by atomic mass is 32.2. The molecule has 2 fully saturated rings. The standard InChI is InChI=1S/C9H13NO6S.C2H6/c1-5(11)17-6-3-15-9(2)7(16-10(12)13)4-14-8(6)9;1-2/h6-8H,3-4H2,1-2H3;1-2H3/t6-,7-,8-,9-;/m1./s1. The molecule has 0 amide bonds. The zero-order valence-corrected chi connectivity index (χ0v) is 12.3. The van der Waals surface area contributed by atoms with Gasteiger partial charge in [-0.25, -0.2) is 0 Å². The lowest BCUT2D eigenvalue weighted by atomic mass is 9.96. The molecule has 0 aromatic heterocycles. The molecule has 0 radical (unpaired) electrons. The fourth-order valence-corrected chi connectivity index (χ4v) is 3.29. The Hall–Kier alpha value is -0.860. The summed E-state index contributed by atoms with van der Waals surface area (Å²) in [4.78, 5) is 26.0. The average Bonchev–Trinajstić information content (AvgIpc) is 2.80. The Morgan fingerprint density at radius 3 is 2.63 bits per heavy atom. The van der Waals surface area contributed by atoms with Crippen molar-refractivity contribution in [3.63, 3.8) is 0 Å². The molecule has 2 aliphatic heterocycles. The van der Waals surface area contributed by atoms with Crippen LogP contribution < -0.4 is 0 Å². The maximum absolute atomic E-state index is 11.1. The summed E-state index contributed by atoms with van der Waals surface area (Å²) >= 11 is 1.14. The maximum atomic E-state index is 11.1. The van der Waals surface area contributed by atoms with Gasteiger partial charge in [-0.1, -0.05) is 25.6 Å². The van der Waals surface area contributed by atoms with Crippen LogP contribution in [0, 0.1) is 10.1 Å². The molecule has 2 rings (SSSR count). The third-order valence-electron chi connectivity index (χ3n) is 3.06. The van der Waals surface area contributed by atoms with Crippen LogP contribution >= 0.6 is 11.8 Å². The van der Waals surface area contributed by atoms with Crippen LogP contribution in [-0.4, -0.2) is 46.5 Å². The van der Waals surface area contributed by atoms with Gasteiger partial charge in [0.1, 0.15) is 11.7 Å². The zero-order chi connectivity index (χ0) is 14.6. The van der Waals surface area contributed by atoms with E-state index in [4.69, 9.17) is 9.47 Å². The van der Waals surface area contributed by atoms with E-state index >= 15 is 0 Å². The molecule has 0 N–H and O–H groups in total. The Balaban J connectivity index is 0.000000861. The third-order valence-corrected chi connectivity index (χ3v) is 4.08. The van der Waals surface area contributed by atoms with Crippen molar-refractivity contribution in [2.75, 3.05) is 13.2 Å². The number of carbonyl (C=O) groups excluding carboxylic acids is 1. The molecule has 0 saturated carbocycles. The smallest absolute Gasteiger partial charge is 0.294 e.